The molecule has 1 aromatic carbocycles. The van der Waals surface area contributed by atoms with Crippen molar-refractivity contribution in [2.45, 2.75) is 23.6 Å². The molecule has 0 unspecified atom stereocenters. The van der Waals surface area contributed by atoms with E-state index in [1.54, 1.807) is 13.8 Å². The number of benzene rings is 1. The molecule has 1 N–H and O–H groups in total. The van der Waals surface area contributed by atoms with Gasteiger partial charge in [0.05, 0.1) is 9.79 Å². The van der Waals surface area contributed by atoms with Gasteiger partial charge < -0.3 is 0 Å². The van der Waals surface area contributed by atoms with Gasteiger partial charge in [0.2, 0.25) is 10.0 Å². The Morgan fingerprint density at radius 2 is 1.33 bits per heavy atom. The fourth-order valence-electron chi connectivity index (χ4n) is 1.50. The van der Waals surface area contributed by atoms with Gasteiger partial charge in [0.15, 0.2) is 0 Å². The molecule has 1 aromatic rings. The van der Waals surface area contributed by atoms with Crippen molar-refractivity contribution in [1.82, 2.24) is 4.31 Å². The first-order chi connectivity index (χ1) is 8.23. The Labute approximate surface area is 107 Å². The summed E-state index contributed by atoms with van der Waals surface area (Å²) in [5.74, 6) is 0. The number of nitrogens with zero attached hydrogens (tertiary/aromatic N) is 1. The van der Waals surface area contributed by atoms with Crippen molar-refractivity contribution in [3.8, 4) is 0 Å². The minimum absolute atomic E-state index is 0.00130. The van der Waals surface area contributed by atoms with Crippen LogP contribution in [-0.4, -0.2) is 38.8 Å². The molecule has 1 rings (SSSR count). The fraction of sp³-hybridized carbons (Fsp3) is 0.400. The summed E-state index contributed by atoms with van der Waals surface area (Å²) in [6.45, 7) is 4.10. The first-order valence-electron chi connectivity index (χ1n) is 5.31. The Bertz CT molecular complexity index is 600. The van der Waals surface area contributed by atoms with E-state index < -0.39 is 20.1 Å². The van der Waals surface area contributed by atoms with Crippen LogP contribution in [0, 0.1) is 0 Å². The van der Waals surface area contributed by atoms with Gasteiger partial charge in [-0.1, -0.05) is 13.8 Å². The summed E-state index contributed by atoms with van der Waals surface area (Å²) >= 11 is 0. The molecular weight excluding hydrogens is 278 g/mol. The number of hydrogen-bond acceptors (Lipinski definition) is 4. The van der Waals surface area contributed by atoms with Crippen molar-refractivity contribution in [2.24, 2.45) is 0 Å². The minimum atomic E-state index is -4.30. The smallest absolute Gasteiger partial charge is 0.282 e. The fourth-order valence-corrected chi connectivity index (χ4v) is 3.43. The van der Waals surface area contributed by atoms with Crippen molar-refractivity contribution in [3.63, 3.8) is 0 Å². The molecule has 0 aliphatic heterocycles. The molecule has 0 aliphatic rings. The van der Waals surface area contributed by atoms with Crippen LogP contribution in [0.1, 0.15) is 13.8 Å². The topological polar surface area (TPSA) is 91.8 Å². The van der Waals surface area contributed by atoms with Crippen LogP contribution in [0.25, 0.3) is 0 Å². The Kier molecular flexibility index (Phi) is 4.49. The molecule has 0 aliphatic carbocycles. The quantitative estimate of drug-likeness (QED) is 0.816. The summed E-state index contributed by atoms with van der Waals surface area (Å²) in [5, 5.41) is 0. The summed E-state index contributed by atoms with van der Waals surface area (Å²) in [5.41, 5.74) is 0. The summed E-state index contributed by atoms with van der Waals surface area (Å²) in [7, 11) is -7.91. The van der Waals surface area contributed by atoms with E-state index in [4.69, 9.17) is 4.55 Å². The molecule has 0 spiro atoms. The molecule has 0 atom stereocenters. The van der Waals surface area contributed by atoms with Gasteiger partial charge in [0.25, 0.3) is 10.1 Å². The largest absolute Gasteiger partial charge is 0.294 e. The third-order valence-corrected chi connectivity index (χ3v) is 5.40. The molecule has 0 amide bonds. The van der Waals surface area contributed by atoms with Crippen molar-refractivity contribution in [3.05, 3.63) is 24.3 Å². The molecule has 0 saturated heterocycles. The van der Waals surface area contributed by atoms with Crippen LogP contribution in [0.4, 0.5) is 0 Å². The highest BCUT2D eigenvalue weighted by Crippen LogP contribution is 2.18. The summed E-state index contributed by atoms with van der Waals surface area (Å²) in [6.07, 6.45) is 0. The van der Waals surface area contributed by atoms with Crippen LogP contribution in [0.15, 0.2) is 34.1 Å². The molecule has 0 bridgehead atoms. The van der Waals surface area contributed by atoms with Crippen molar-refractivity contribution in [2.75, 3.05) is 13.1 Å². The van der Waals surface area contributed by atoms with Crippen LogP contribution in [0.2, 0.25) is 0 Å². The van der Waals surface area contributed by atoms with Crippen molar-refractivity contribution >= 4 is 20.1 Å². The molecule has 8 heteroatoms. The van der Waals surface area contributed by atoms with Gasteiger partial charge in [0, 0.05) is 13.1 Å². The van der Waals surface area contributed by atoms with E-state index in [0.29, 0.717) is 13.1 Å². The van der Waals surface area contributed by atoms with E-state index in [2.05, 4.69) is 0 Å². The second-order valence-electron chi connectivity index (χ2n) is 3.54. The zero-order valence-corrected chi connectivity index (χ0v) is 11.7. The third kappa shape index (κ3) is 3.08. The standard InChI is InChI=1S/C10H15NO5S2/c1-3-11(4-2)17(12,13)9-5-7-10(8-6-9)18(14,15)16/h5-8H,3-4H2,1-2H3,(H,14,15,16). The average Bonchev–Trinajstić information content (AvgIpc) is 2.29. The lowest BCUT2D eigenvalue weighted by molar-refractivity contribution is 0.445. The second-order valence-corrected chi connectivity index (χ2v) is 6.90. The lowest BCUT2D eigenvalue weighted by Gasteiger charge is -2.18. The van der Waals surface area contributed by atoms with E-state index >= 15 is 0 Å². The Hall–Kier alpha value is -0.960. The normalized spacial score (nSPS) is 12.9. The van der Waals surface area contributed by atoms with Crippen LogP contribution in [0.3, 0.4) is 0 Å². The first kappa shape index (κ1) is 15.1. The molecule has 0 saturated carbocycles. The molecular formula is C10H15NO5S2. The highest BCUT2D eigenvalue weighted by molar-refractivity contribution is 7.89. The van der Waals surface area contributed by atoms with Crippen LogP contribution < -0.4 is 0 Å². The Morgan fingerprint density at radius 1 is 0.944 bits per heavy atom. The van der Waals surface area contributed by atoms with E-state index in [1.807, 2.05) is 0 Å². The van der Waals surface area contributed by atoms with E-state index in [0.717, 1.165) is 24.3 Å². The van der Waals surface area contributed by atoms with Crippen molar-refractivity contribution < 1.29 is 21.4 Å². The second kappa shape index (κ2) is 5.35. The predicted molar refractivity (Wildman–Crippen MR) is 66.4 cm³/mol. The van der Waals surface area contributed by atoms with E-state index in [9.17, 15) is 16.8 Å². The summed E-state index contributed by atoms with van der Waals surface area (Å²) in [4.78, 5) is -0.334. The molecule has 0 aromatic heterocycles. The molecule has 0 radical (unpaired) electrons. The van der Waals surface area contributed by atoms with Gasteiger partial charge in [0.1, 0.15) is 0 Å². The predicted octanol–water partition coefficient (Wildman–Crippen LogP) is 0.964. The Balaban J connectivity index is 3.21. The molecule has 18 heavy (non-hydrogen) atoms. The Morgan fingerprint density at radius 3 is 1.67 bits per heavy atom. The van der Waals surface area contributed by atoms with Crippen LogP contribution >= 0.6 is 0 Å². The number of rotatable bonds is 5. The minimum Gasteiger partial charge on any atom is -0.282 e. The SMILES string of the molecule is CCN(CC)S(=O)(=O)c1ccc(S(=O)(=O)O)cc1. The first-order valence-corrected chi connectivity index (χ1v) is 8.19. The van der Waals surface area contributed by atoms with E-state index in [1.165, 1.54) is 4.31 Å². The van der Waals surface area contributed by atoms with E-state index in [-0.39, 0.29) is 9.79 Å². The average molecular weight is 293 g/mol. The number of hydrogen-bond donors (Lipinski definition) is 1. The summed E-state index contributed by atoms with van der Waals surface area (Å²) < 4.78 is 55.9. The molecule has 0 heterocycles. The van der Waals surface area contributed by atoms with Gasteiger partial charge in [-0.15, -0.1) is 0 Å². The lowest BCUT2D eigenvalue weighted by Crippen LogP contribution is -2.30. The highest BCUT2D eigenvalue weighted by atomic mass is 32.2. The van der Waals surface area contributed by atoms with Crippen LogP contribution in [-0.2, 0) is 20.1 Å². The van der Waals surface area contributed by atoms with Gasteiger partial charge in [-0.3, -0.25) is 4.55 Å². The van der Waals surface area contributed by atoms with Gasteiger partial charge in [-0.05, 0) is 24.3 Å². The lowest BCUT2D eigenvalue weighted by atomic mass is 10.4. The molecule has 102 valence electrons. The summed E-state index contributed by atoms with van der Waals surface area (Å²) in [6, 6.07) is 4.45. The highest BCUT2D eigenvalue weighted by Gasteiger charge is 2.22. The van der Waals surface area contributed by atoms with Gasteiger partial charge >= 0.3 is 0 Å². The zero-order chi connectivity index (χ0) is 14.0. The van der Waals surface area contributed by atoms with Gasteiger partial charge in [-0.2, -0.15) is 12.7 Å². The number of sulfonamides is 1. The molecule has 0 fully saturated rings. The third-order valence-electron chi connectivity index (χ3n) is 2.46. The molecule has 6 nitrogen and oxygen atoms in total. The maximum atomic E-state index is 12.1. The van der Waals surface area contributed by atoms with Gasteiger partial charge in [-0.25, -0.2) is 8.42 Å². The monoisotopic (exact) mass is 293 g/mol. The maximum absolute atomic E-state index is 12.1. The van der Waals surface area contributed by atoms with Crippen molar-refractivity contribution in [1.29, 1.82) is 0 Å². The van der Waals surface area contributed by atoms with Crippen LogP contribution in [0.5, 0.6) is 0 Å². The zero-order valence-electron chi connectivity index (χ0n) is 10.1. The maximum Gasteiger partial charge on any atom is 0.294 e.